The van der Waals surface area contributed by atoms with Crippen molar-refractivity contribution in [3.05, 3.63) is 47.8 Å². The maximum absolute atomic E-state index is 13.4. The molecule has 2 aliphatic rings. The Morgan fingerprint density at radius 3 is 2.77 bits per heavy atom. The minimum atomic E-state index is 0.000110. The number of benzene rings is 1. The zero-order valence-electron chi connectivity index (χ0n) is 17.1. The molecule has 7 nitrogen and oxygen atoms in total. The molecule has 154 valence electrons. The Bertz CT molecular complexity index is 1120. The fraction of sp³-hybridized carbons (Fsp3) is 0.348. The first-order valence-electron chi connectivity index (χ1n) is 10.3. The van der Waals surface area contributed by atoms with E-state index < -0.39 is 0 Å². The van der Waals surface area contributed by atoms with Gasteiger partial charge >= 0.3 is 0 Å². The molecule has 2 aromatic heterocycles. The maximum Gasteiger partial charge on any atom is 0.257 e. The van der Waals surface area contributed by atoms with Gasteiger partial charge in [0.25, 0.3) is 5.91 Å². The predicted molar refractivity (Wildman–Crippen MR) is 114 cm³/mol. The highest BCUT2D eigenvalue weighted by atomic mass is 16.7. The van der Waals surface area contributed by atoms with Crippen molar-refractivity contribution in [1.82, 2.24) is 14.9 Å². The minimum Gasteiger partial charge on any atom is -0.454 e. The minimum absolute atomic E-state index is 0.000110. The van der Waals surface area contributed by atoms with Gasteiger partial charge in [0, 0.05) is 42.1 Å². The summed E-state index contributed by atoms with van der Waals surface area (Å²) < 4.78 is 10.9. The second-order valence-electron chi connectivity index (χ2n) is 8.04. The fourth-order valence-corrected chi connectivity index (χ4v) is 3.97. The lowest BCUT2D eigenvalue weighted by Crippen LogP contribution is -2.38. The Morgan fingerprint density at radius 2 is 1.93 bits per heavy atom. The molecule has 5 rings (SSSR count). The molecule has 0 aliphatic carbocycles. The van der Waals surface area contributed by atoms with Crippen molar-refractivity contribution in [2.75, 3.05) is 25.2 Å². The van der Waals surface area contributed by atoms with Crippen LogP contribution < -0.4 is 14.8 Å². The normalized spacial score (nSPS) is 16.1. The van der Waals surface area contributed by atoms with Crippen LogP contribution in [0.15, 0.2) is 36.5 Å². The number of amides is 1. The van der Waals surface area contributed by atoms with Crippen LogP contribution in [-0.4, -0.2) is 40.7 Å². The van der Waals surface area contributed by atoms with Gasteiger partial charge in [-0.1, -0.05) is 6.92 Å². The van der Waals surface area contributed by atoms with Gasteiger partial charge in [-0.05, 0) is 49.9 Å². The molecule has 0 atom stereocenters. The second-order valence-corrected chi connectivity index (χ2v) is 8.04. The standard InChI is InChI=1S/C23H24N4O3/c1-14-7-9-27(10-8-14)23(28)18-12-24-22-17(5-3-15(2)25-22)21(18)26-16-4-6-19-20(11-16)30-13-29-19/h3-6,11-12,14H,7-10,13H2,1-2H3,(H,24,25,26). The lowest BCUT2D eigenvalue weighted by atomic mass is 9.98. The van der Waals surface area contributed by atoms with Gasteiger partial charge in [0.05, 0.1) is 11.3 Å². The van der Waals surface area contributed by atoms with Crippen molar-refractivity contribution in [2.24, 2.45) is 5.92 Å². The van der Waals surface area contributed by atoms with Crippen molar-refractivity contribution in [3.8, 4) is 11.5 Å². The molecular weight excluding hydrogens is 380 g/mol. The molecule has 2 aliphatic heterocycles. The van der Waals surface area contributed by atoms with Crippen LogP contribution in [0.5, 0.6) is 11.5 Å². The molecule has 4 heterocycles. The predicted octanol–water partition coefficient (Wildman–Crippen LogP) is 4.28. The molecule has 0 saturated carbocycles. The van der Waals surface area contributed by atoms with E-state index in [1.165, 1.54) is 0 Å². The number of hydrogen-bond donors (Lipinski definition) is 1. The quantitative estimate of drug-likeness (QED) is 0.702. The highest BCUT2D eigenvalue weighted by molar-refractivity contribution is 6.07. The fourth-order valence-electron chi connectivity index (χ4n) is 3.97. The summed E-state index contributed by atoms with van der Waals surface area (Å²) in [5, 5.41) is 4.24. The van der Waals surface area contributed by atoms with Crippen molar-refractivity contribution in [2.45, 2.75) is 26.7 Å². The van der Waals surface area contributed by atoms with E-state index >= 15 is 0 Å². The van der Waals surface area contributed by atoms with Crippen molar-refractivity contribution in [1.29, 1.82) is 0 Å². The SMILES string of the molecule is Cc1ccc2c(Nc3ccc4c(c3)OCO4)c(C(=O)N3CCC(C)CC3)cnc2n1. The molecule has 1 aromatic carbocycles. The molecule has 1 fully saturated rings. The number of carbonyl (C=O) groups is 1. The molecule has 1 N–H and O–H groups in total. The third-order valence-electron chi connectivity index (χ3n) is 5.81. The van der Waals surface area contributed by atoms with Crippen LogP contribution in [0.1, 0.15) is 35.8 Å². The number of likely N-dealkylation sites (tertiary alicyclic amines) is 1. The first-order chi connectivity index (χ1) is 14.6. The lowest BCUT2D eigenvalue weighted by molar-refractivity contribution is 0.0698. The van der Waals surface area contributed by atoms with E-state index in [9.17, 15) is 4.79 Å². The van der Waals surface area contributed by atoms with E-state index in [1.54, 1.807) is 6.20 Å². The average molecular weight is 404 g/mol. The Hall–Kier alpha value is -3.35. The van der Waals surface area contributed by atoms with Crippen molar-refractivity contribution in [3.63, 3.8) is 0 Å². The van der Waals surface area contributed by atoms with Gasteiger partial charge < -0.3 is 19.7 Å². The number of piperidine rings is 1. The highest BCUT2D eigenvalue weighted by Gasteiger charge is 2.25. The summed E-state index contributed by atoms with van der Waals surface area (Å²) in [4.78, 5) is 24.3. The van der Waals surface area contributed by atoms with Gasteiger partial charge in [-0.2, -0.15) is 0 Å². The number of ether oxygens (including phenoxy) is 2. The molecule has 30 heavy (non-hydrogen) atoms. The highest BCUT2D eigenvalue weighted by Crippen LogP contribution is 2.37. The van der Waals surface area contributed by atoms with Gasteiger partial charge in [0.15, 0.2) is 17.1 Å². The van der Waals surface area contributed by atoms with Crippen LogP contribution in [0.4, 0.5) is 11.4 Å². The third-order valence-corrected chi connectivity index (χ3v) is 5.81. The number of carbonyl (C=O) groups excluding carboxylic acids is 1. The summed E-state index contributed by atoms with van der Waals surface area (Å²) in [5.74, 6) is 2.06. The van der Waals surface area contributed by atoms with Gasteiger partial charge in [-0.3, -0.25) is 4.79 Å². The number of anilines is 2. The van der Waals surface area contributed by atoms with Crippen LogP contribution in [0.3, 0.4) is 0 Å². The summed E-state index contributed by atoms with van der Waals surface area (Å²) in [6.45, 7) is 5.93. The lowest BCUT2D eigenvalue weighted by Gasteiger charge is -2.31. The van der Waals surface area contributed by atoms with Crippen LogP contribution in [-0.2, 0) is 0 Å². The molecule has 7 heteroatoms. The van der Waals surface area contributed by atoms with Crippen LogP contribution in [0.2, 0.25) is 0 Å². The van der Waals surface area contributed by atoms with Gasteiger partial charge in [-0.25, -0.2) is 9.97 Å². The molecular formula is C23H24N4O3. The van der Waals surface area contributed by atoms with Gasteiger partial charge in [0.1, 0.15) is 0 Å². The maximum atomic E-state index is 13.4. The number of aryl methyl sites for hydroxylation is 1. The monoisotopic (exact) mass is 404 g/mol. The number of rotatable bonds is 3. The molecule has 0 spiro atoms. The van der Waals surface area contributed by atoms with E-state index in [4.69, 9.17) is 9.47 Å². The summed E-state index contributed by atoms with van der Waals surface area (Å²) in [6, 6.07) is 9.57. The first-order valence-corrected chi connectivity index (χ1v) is 10.3. The molecule has 1 amide bonds. The number of fused-ring (bicyclic) bond motifs is 2. The number of aromatic nitrogens is 2. The summed E-state index contributed by atoms with van der Waals surface area (Å²) in [6.07, 6.45) is 3.70. The Morgan fingerprint density at radius 1 is 1.13 bits per heavy atom. The number of nitrogens with zero attached hydrogens (tertiary/aromatic N) is 3. The summed E-state index contributed by atoms with van der Waals surface area (Å²) in [5.41, 5.74) is 3.58. The van der Waals surface area contributed by atoms with E-state index in [1.807, 2.05) is 42.2 Å². The topological polar surface area (TPSA) is 76.6 Å². The Balaban J connectivity index is 1.56. The van der Waals surface area contributed by atoms with Crippen LogP contribution >= 0.6 is 0 Å². The third kappa shape index (κ3) is 3.40. The summed E-state index contributed by atoms with van der Waals surface area (Å²) in [7, 11) is 0. The van der Waals surface area contributed by atoms with E-state index in [0.29, 0.717) is 22.9 Å². The molecule has 0 bridgehead atoms. The average Bonchev–Trinajstić information content (AvgIpc) is 3.22. The van der Waals surface area contributed by atoms with Gasteiger partial charge in [0.2, 0.25) is 6.79 Å². The Labute approximate surface area is 175 Å². The zero-order valence-corrected chi connectivity index (χ0v) is 17.1. The summed E-state index contributed by atoms with van der Waals surface area (Å²) >= 11 is 0. The Kier molecular flexibility index (Phi) is 4.65. The smallest absolute Gasteiger partial charge is 0.257 e. The number of pyridine rings is 2. The van der Waals surface area contributed by atoms with E-state index in [2.05, 4.69) is 22.2 Å². The van der Waals surface area contributed by atoms with Crippen LogP contribution in [0.25, 0.3) is 11.0 Å². The van der Waals surface area contributed by atoms with Crippen molar-refractivity contribution < 1.29 is 14.3 Å². The zero-order chi connectivity index (χ0) is 20.7. The van der Waals surface area contributed by atoms with Crippen LogP contribution in [0, 0.1) is 12.8 Å². The first kappa shape index (κ1) is 18.7. The molecule has 1 saturated heterocycles. The van der Waals surface area contributed by atoms with E-state index in [0.717, 1.165) is 54.1 Å². The molecule has 0 radical (unpaired) electrons. The number of hydrogen-bond acceptors (Lipinski definition) is 6. The second kappa shape index (κ2) is 7.48. The van der Waals surface area contributed by atoms with Gasteiger partial charge in [-0.15, -0.1) is 0 Å². The van der Waals surface area contributed by atoms with Crippen molar-refractivity contribution >= 4 is 28.3 Å². The number of nitrogens with one attached hydrogen (secondary N) is 1. The largest absolute Gasteiger partial charge is 0.454 e. The van der Waals surface area contributed by atoms with E-state index in [-0.39, 0.29) is 12.7 Å². The molecule has 3 aromatic rings. The molecule has 0 unspecified atom stereocenters.